The average molecular weight is 155 g/mol. The molecule has 5 heteroatoms. The van der Waals surface area contributed by atoms with Crippen LogP contribution in [0.4, 0.5) is 0 Å². The van der Waals surface area contributed by atoms with Gasteiger partial charge < -0.3 is 0 Å². The van der Waals surface area contributed by atoms with Gasteiger partial charge in [0.2, 0.25) is 5.79 Å². The lowest BCUT2D eigenvalue weighted by atomic mass is 10.3. The molecule has 0 aliphatic carbocycles. The molecule has 11 heavy (non-hydrogen) atoms. The van der Waals surface area contributed by atoms with Crippen LogP contribution in [0.25, 0.3) is 0 Å². The molecule has 1 rings (SSSR count). The molecule has 0 atom stereocenters. The summed E-state index contributed by atoms with van der Waals surface area (Å²) in [5.74, 6) is -0.546. The number of rotatable bonds is 4. The molecule has 0 radical (unpaired) electrons. The maximum Gasteiger partial charge on any atom is 0.246 e. The van der Waals surface area contributed by atoms with Gasteiger partial charge in [0, 0.05) is 6.42 Å². The average Bonchev–Trinajstić information content (AvgIpc) is 2.50. The van der Waals surface area contributed by atoms with E-state index in [-0.39, 0.29) is 0 Å². The summed E-state index contributed by atoms with van der Waals surface area (Å²) < 4.78 is 0. The van der Waals surface area contributed by atoms with Crippen LogP contribution < -0.4 is 5.32 Å². The van der Waals surface area contributed by atoms with E-state index in [9.17, 15) is 0 Å². The standard InChI is InChI=1S/C6H13N5/c1-3-5-7-6(4-2)8-10-11-9-6/h7H,3-5H2,1-2H3. The summed E-state index contributed by atoms with van der Waals surface area (Å²) >= 11 is 0. The van der Waals surface area contributed by atoms with E-state index >= 15 is 0 Å². The SMILES string of the molecule is CCCNC1(CC)N=NN=N1. The Morgan fingerprint density at radius 2 is 1.82 bits per heavy atom. The molecule has 0 aromatic heterocycles. The van der Waals surface area contributed by atoms with Crippen LogP contribution in [0.15, 0.2) is 20.7 Å². The first-order chi connectivity index (χ1) is 5.33. The van der Waals surface area contributed by atoms with Crippen LogP contribution in [0, 0.1) is 0 Å². The zero-order valence-electron chi connectivity index (χ0n) is 6.91. The molecule has 0 bridgehead atoms. The van der Waals surface area contributed by atoms with Crippen molar-refractivity contribution in [1.29, 1.82) is 0 Å². The van der Waals surface area contributed by atoms with E-state index < -0.39 is 5.79 Å². The topological polar surface area (TPSA) is 61.5 Å². The zero-order chi connectivity index (χ0) is 8.16. The summed E-state index contributed by atoms with van der Waals surface area (Å²) in [6.45, 7) is 5.00. The van der Waals surface area contributed by atoms with Gasteiger partial charge in [-0.15, -0.1) is 10.2 Å². The molecule has 0 aromatic rings. The van der Waals surface area contributed by atoms with Crippen molar-refractivity contribution in [2.24, 2.45) is 20.7 Å². The molecule has 62 valence electrons. The highest BCUT2D eigenvalue weighted by atomic mass is 15.6. The summed E-state index contributed by atoms with van der Waals surface area (Å²) in [7, 11) is 0. The molecule has 0 saturated carbocycles. The second-order valence-corrected chi connectivity index (χ2v) is 2.48. The van der Waals surface area contributed by atoms with E-state index in [0.717, 1.165) is 19.4 Å². The first-order valence-corrected chi connectivity index (χ1v) is 3.92. The molecule has 0 fully saturated rings. The molecule has 1 heterocycles. The lowest BCUT2D eigenvalue weighted by Crippen LogP contribution is -2.39. The van der Waals surface area contributed by atoms with Gasteiger partial charge >= 0.3 is 0 Å². The monoisotopic (exact) mass is 155 g/mol. The second kappa shape index (κ2) is 3.52. The van der Waals surface area contributed by atoms with Crippen LogP contribution in [0.5, 0.6) is 0 Å². The van der Waals surface area contributed by atoms with Gasteiger partial charge in [-0.3, -0.25) is 5.32 Å². The van der Waals surface area contributed by atoms with Gasteiger partial charge in [-0.1, -0.05) is 13.8 Å². The molecule has 5 nitrogen and oxygen atoms in total. The Morgan fingerprint density at radius 1 is 1.18 bits per heavy atom. The minimum atomic E-state index is -0.546. The van der Waals surface area contributed by atoms with Gasteiger partial charge in [-0.05, 0) is 23.4 Å². The number of nitrogens with zero attached hydrogens (tertiary/aromatic N) is 4. The van der Waals surface area contributed by atoms with Crippen molar-refractivity contribution in [3.63, 3.8) is 0 Å². The third kappa shape index (κ3) is 1.80. The molecular weight excluding hydrogens is 142 g/mol. The van der Waals surface area contributed by atoms with Crippen molar-refractivity contribution < 1.29 is 0 Å². The fraction of sp³-hybridized carbons (Fsp3) is 1.00. The smallest absolute Gasteiger partial charge is 0.246 e. The largest absolute Gasteiger partial charge is 0.272 e. The summed E-state index contributed by atoms with van der Waals surface area (Å²) in [5.41, 5.74) is 0. The van der Waals surface area contributed by atoms with E-state index in [2.05, 4.69) is 32.9 Å². The van der Waals surface area contributed by atoms with E-state index in [1.165, 1.54) is 0 Å². The van der Waals surface area contributed by atoms with E-state index in [0.29, 0.717) is 0 Å². The van der Waals surface area contributed by atoms with Crippen molar-refractivity contribution in [3.8, 4) is 0 Å². The Hall–Kier alpha value is -0.840. The Labute approximate surface area is 66.0 Å². The maximum atomic E-state index is 3.90. The second-order valence-electron chi connectivity index (χ2n) is 2.48. The highest BCUT2D eigenvalue weighted by Gasteiger charge is 2.29. The Morgan fingerprint density at radius 3 is 2.27 bits per heavy atom. The van der Waals surface area contributed by atoms with Crippen molar-refractivity contribution >= 4 is 0 Å². The minimum Gasteiger partial charge on any atom is -0.272 e. The molecule has 0 amide bonds. The molecule has 0 unspecified atom stereocenters. The number of hydrogen-bond donors (Lipinski definition) is 1. The molecular formula is C6H13N5. The van der Waals surface area contributed by atoms with E-state index in [4.69, 9.17) is 0 Å². The van der Waals surface area contributed by atoms with Gasteiger partial charge in [0.25, 0.3) is 0 Å². The fourth-order valence-electron chi connectivity index (χ4n) is 0.870. The Balaban J connectivity index is 2.47. The highest BCUT2D eigenvalue weighted by Crippen LogP contribution is 2.20. The van der Waals surface area contributed by atoms with E-state index in [1.54, 1.807) is 0 Å². The van der Waals surface area contributed by atoms with Gasteiger partial charge in [0.05, 0.1) is 0 Å². The lowest BCUT2D eigenvalue weighted by Gasteiger charge is -2.18. The Kier molecular flexibility index (Phi) is 2.64. The number of nitrogens with one attached hydrogen (secondary N) is 1. The highest BCUT2D eigenvalue weighted by molar-refractivity contribution is 4.79. The lowest BCUT2D eigenvalue weighted by molar-refractivity contribution is 0.337. The quantitative estimate of drug-likeness (QED) is 0.662. The van der Waals surface area contributed by atoms with E-state index in [1.807, 2.05) is 6.92 Å². The maximum absolute atomic E-state index is 3.90. The van der Waals surface area contributed by atoms with Crippen LogP contribution in [-0.2, 0) is 0 Å². The minimum absolute atomic E-state index is 0.546. The van der Waals surface area contributed by atoms with Gasteiger partial charge in [-0.2, -0.15) is 0 Å². The summed E-state index contributed by atoms with van der Waals surface area (Å²) in [5, 5.41) is 17.9. The molecule has 0 saturated heterocycles. The normalized spacial score (nSPS) is 19.5. The van der Waals surface area contributed by atoms with Crippen LogP contribution in [0.2, 0.25) is 0 Å². The summed E-state index contributed by atoms with van der Waals surface area (Å²) in [4.78, 5) is 0. The van der Waals surface area contributed by atoms with Crippen LogP contribution >= 0.6 is 0 Å². The van der Waals surface area contributed by atoms with Crippen LogP contribution in [0.1, 0.15) is 26.7 Å². The predicted octanol–water partition coefficient (Wildman–Crippen LogP) is 1.88. The molecule has 1 N–H and O–H groups in total. The number of hydrogen-bond acceptors (Lipinski definition) is 5. The van der Waals surface area contributed by atoms with Gasteiger partial charge in [0.1, 0.15) is 0 Å². The predicted molar refractivity (Wildman–Crippen MR) is 41.0 cm³/mol. The van der Waals surface area contributed by atoms with Crippen molar-refractivity contribution in [3.05, 3.63) is 0 Å². The zero-order valence-corrected chi connectivity index (χ0v) is 6.91. The van der Waals surface area contributed by atoms with Gasteiger partial charge in [0.15, 0.2) is 0 Å². The first-order valence-electron chi connectivity index (χ1n) is 3.92. The molecule has 0 spiro atoms. The van der Waals surface area contributed by atoms with Crippen LogP contribution in [0.3, 0.4) is 0 Å². The van der Waals surface area contributed by atoms with Gasteiger partial charge in [-0.25, -0.2) is 0 Å². The summed E-state index contributed by atoms with van der Waals surface area (Å²) in [6.07, 6.45) is 1.85. The first kappa shape index (κ1) is 8.26. The molecule has 1 aliphatic heterocycles. The third-order valence-corrected chi connectivity index (χ3v) is 1.61. The summed E-state index contributed by atoms with van der Waals surface area (Å²) in [6, 6.07) is 0. The third-order valence-electron chi connectivity index (χ3n) is 1.61. The van der Waals surface area contributed by atoms with Crippen molar-refractivity contribution in [2.45, 2.75) is 32.5 Å². The molecule has 0 aromatic carbocycles. The van der Waals surface area contributed by atoms with Crippen molar-refractivity contribution in [2.75, 3.05) is 6.54 Å². The molecule has 1 aliphatic rings. The Bertz CT molecular complexity index is 162. The van der Waals surface area contributed by atoms with Crippen LogP contribution in [-0.4, -0.2) is 12.3 Å². The fourth-order valence-corrected chi connectivity index (χ4v) is 0.870. The van der Waals surface area contributed by atoms with Crippen molar-refractivity contribution in [1.82, 2.24) is 5.32 Å².